The van der Waals surface area contributed by atoms with E-state index < -0.39 is 0 Å². The maximum atomic E-state index is 3.40. The average molecular weight is 205 g/mol. The Morgan fingerprint density at radius 2 is 1.70 bits per heavy atom. The summed E-state index contributed by atoms with van der Waals surface area (Å²) in [5, 5.41) is 1.13. The Morgan fingerprint density at radius 3 is 2.20 bits per heavy atom. The Balaban J connectivity index is 2.89. The molecule has 0 saturated heterocycles. The highest BCUT2D eigenvalue weighted by Gasteiger charge is 1.79. The van der Waals surface area contributed by atoms with Crippen LogP contribution >= 0.6 is 15.9 Å². The molecule has 0 radical (unpaired) electrons. The molecular formula is C9H17Br. The van der Waals surface area contributed by atoms with Gasteiger partial charge in [0.15, 0.2) is 0 Å². The van der Waals surface area contributed by atoms with Gasteiger partial charge in [0.2, 0.25) is 0 Å². The minimum Gasteiger partial charge on any atom is -0.0928 e. The largest absolute Gasteiger partial charge is 0.0928 e. The first-order chi connectivity index (χ1) is 4.91. The van der Waals surface area contributed by atoms with E-state index in [4.69, 9.17) is 0 Å². The van der Waals surface area contributed by atoms with Crippen molar-refractivity contribution in [2.75, 3.05) is 5.33 Å². The highest BCUT2D eigenvalue weighted by Crippen LogP contribution is 1.99. The molecule has 0 bridgehead atoms. The number of allylic oxidation sites excluding steroid dienone is 2. The Kier molecular flexibility index (Phi) is 9.42. The first-order valence-electron chi connectivity index (χ1n) is 4.12. The molecule has 0 aromatic carbocycles. The van der Waals surface area contributed by atoms with Crippen molar-refractivity contribution >= 4 is 15.9 Å². The summed E-state index contributed by atoms with van der Waals surface area (Å²) in [5.41, 5.74) is 0. The normalized spacial score (nSPS) is 11.0. The third kappa shape index (κ3) is 8.22. The number of rotatable bonds is 6. The summed E-state index contributed by atoms with van der Waals surface area (Å²) in [4.78, 5) is 0. The molecule has 0 spiro atoms. The Labute approximate surface area is 72.8 Å². The van der Waals surface area contributed by atoms with Crippen molar-refractivity contribution < 1.29 is 0 Å². The van der Waals surface area contributed by atoms with Gasteiger partial charge in [-0.1, -0.05) is 47.8 Å². The van der Waals surface area contributed by atoms with Gasteiger partial charge in [0.25, 0.3) is 0 Å². The molecule has 1 heteroatoms. The molecule has 0 aromatic heterocycles. The molecule has 0 rings (SSSR count). The van der Waals surface area contributed by atoms with Crippen molar-refractivity contribution in [1.82, 2.24) is 0 Å². The van der Waals surface area contributed by atoms with Crippen LogP contribution in [-0.2, 0) is 0 Å². The first kappa shape index (κ1) is 10.2. The van der Waals surface area contributed by atoms with Gasteiger partial charge < -0.3 is 0 Å². The Morgan fingerprint density at radius 1 is 1.10 bits per heavy atom. The van der Waals surface area contributed by atoms with E-state index in [0.29, 0.717) is 0 Å². The van der Waals surface area contributed by atoms with E-state index in [9.17, 15) is 0 Å². The monoisotopic (exact) mass is 204 g/mol. The van der Waals surface area contributed by atoms with Crippen molar-refractivity contribution in [3.05, 3.63) is 12.2 Å². The van der Waals surface area contributed by atoms with Crippen LogP contribution in [0.15, 0.2) is 12.2 Å². The van der Waals surface area contributed by atoms with Gasteiger partial charge in [-0.15, -0.1) is 0 Å². The minimum atomic E-state index is 1.13. The molecule has 0 saturated carbocycles. The molecule has 60 valence electrons. The molecule has 0 heterocycles. The molecular weight excluding hydrogens is 188 g/mol. The van der Waals surface area contributed by atoms with Crippen LogP contribution < -0.4 is 0 Å². The molecule has 0 unspecified atom stereocenters. The molecule has 0 aliphatic heterocycles. The fourth-order valence-electron chi connectivity index (χ4n) is 0.753. The predicted octanol–water partition coefficient (Wildman–Crippen LogP) is 3.91. The van der Waals surface area contributed by atoms with Crippen LogP contribution in [0, 0.1) is 0 Å². The Hall–Kier alpha value is 0.220. The van der Waals surface area contributed by atoms with E-state index in [1.165, 1.54) is 32.1 Å². The standard InChI is InChI=1S/C9H17Br/c1-2-3-4-5-6-7-8-9-10/h5-6H,2-4,7-9H2,1H3/b6-5+. The summed E-state index contributed by atoms with van der Waals surface area (Å²) in [6.07, 6.45) is 11.0. The maximum absolute atomic E-state index is 3.40. The van der Waals surface area contributed by atoms with Crippen LogP contribution in [0.5, 0.6) is 0 Å². The van der Waals surface area contributed by atoms with E-state index in [0.717, 1.165) is 5.33 Å². The third-order valence-corrected chi connectivity index (χ3v) is 1.96. The van der Waals surface area contributed by atoms with Crippen molar-refractivity contribution in [2.24, 2.45) is 0 Å². The van der Waals surface area contributed by atoms with E-state index in [2.05, 4.69) is 35.0 Å². The molecule has 10 heavy (non-hydrogen) atoms. The van der Waals surface area contributed by atoms with Crippen LogP contribution in [-0.4, -0.2) is 5.33 Å². The van der Waals surface area contributed by atoms with Gasteiger partial charge in [0.05, 0.1) is 0 Å². The minimum absolute atomic E-state index is 1.13. The zero-order valence-corrected chi connectivity index (χ0v) is 8.36. The van der Waals surface area contributed by atoms with Crippen molar-refractivity contribution in [2.45, 2.75) is 39.0 Å². The lowest BCUT2D eigenvalue weighted by Gasteiger charge is -1.88. The summed E-state index contributed by atoms with van der Waals surface area (Å²) < 4.78 is 0. The fraction of sp³-hybridized carbons (Fsp3) is 0.778. The van der Waals surface area contributed by atoms with Gasteiger partial charge in [0.1, 0.15) is 0 Å². The summed E-state index contributed by atoms with van der Waals surface area (Å²) >= 11 is 3.40. The van der Waals surface area contributed by atoms with Crippen molar-refractivity contribution in [3.63, 3.8) is 0 Å². The van der Waals surface area contributed by atoms with Crippen LogP contribution in [0.1, 0.15) is 39.0 Å². The quantitative estimate of drug-likeness (QED) is 0.350. The van der Waals surface area contributed by atoms with Crippen LogP contribution in [0.4, 0.5) is 0 Å². The average Bonchev–Trinajstić information content (AvgIpc) is 1.97. The fourth-order valence-corrected chi connectivity index (χ4v) is 1.08. The van der Waals surface area contributed by atoms with E-state index in [-0.39, 0.29) is 0 Å². The lowest BCUT2D eigenvalue weighted by atomic mass is 10.2. The highest BCUT2D eigenvalue weighted by atomic mass is 79.9. The number of halogens is 1. The van der Waals surface area contributed by atoms with Crippen LogP contribution in [0.2, 0.25) is 0 Å². The van der Waals surface area contributed by atoms with Gasteiger partial charge in [-0.2, -0.15) is 0 Å². The van der Waals surface area contributed by atoms with Crippen LogP contribution in [0.3, 0.4) is 0 Å². The van der Waals surface area contributed by atoms with E-state index in [1.807, 2.05) is 0 Å². The van der Waals surface area contributed by atoms with Gasteiger partial charge in [-0.05, 0) is 19.3 Å². The second kappa shape index (κ2) is 9.22. The molecule has 0 amide bonds. The number of hydrogen-bond acceptors (Lipinski definition) is 0. The second-order valence-electron chi connectivity index (χ2n) is 2.44. The summed E-state index contributed by atoms with van der Waals surface area (Å²) in [6, 6.07) is 0. The van der Waals surface area contributed by atoms with E-state index in [1.54, 1.807) is 0 Å². The van der Waals surface area contributed by atoms with Crippen LogP contribution in [0.25, 0.3) is 0 Å². The first-order valence-corrected chi connectivity index (χ1v) is 5.25. The van der Waals surface area contributed by atoms with Gasteiger partial charge >= 0.3 is 0 Å². The molecule has 0 fully saturated rings. The summed E-state index contributed by atoms with van der Waals surface area (Å²) in [5.74, 6) is 0. The second-order valence-corrected chi connectivity index (χ2v) is 3.24. The van der Waals surface area contributed by atoms with E-state index >= 15 is 0 Å². The molecule has 0 N–H and O–H groups in total. The third-order valence-electron chi connectivity index (χ3n) is 1.40. The SMILES string of the molecule is CCCC/C=C/CCCBr. The van der Waals surface area contributed by atoms with Crippen molar-refractivity contribution in [3.8, 4) is 0 Å². The highest BCUT2D eigenvalue weighted by molar-refractivity contribution is 9.09. The van der Waals surface area contributed by atoms with Gasteiger partial charge in [0, 0.05) is 5.33 Å². The molecule has 0 aromatic rings. The lowest BCUT2D eigenvalue weighted by molar-refractivity contribution is 0.810. The van der Waals surface area contributed by atoms with Gasteiger partial charge in [-0.25, -0.2) is 0 Å². The van der Waals surface area contributed by atoms with Gasteiger partial charge in [-0.3, -0.25) is 0 Å². The zero-order chi connectivity index (χ0) is 7.66. The molecule has 0 atom stereocenters. The summed E-state index contributed by atoms with van der Waals surface area (Å²) in [6.45, 7) is 2.23. The smallest absolute Gasteiger partial charge is 0.00342 e. The summed E-state index contributed by atoms with van der Waals surface area (Å²) in [7, 11) is 0. The Bertz CT molecular complexity index is 66.8. The van der Waals surface area contributed by atoms with Crippen molar-refractivity contribution in [1.29, 1.82) is 0 Å². The zero-order valence-electron chi connectivity index (χ0n) is 6.78. The topological polar surface area (TPSA) is 0 Å². The number of hydrogen-bond donors (Lipinski definition) is 0. The number of unbranched alkanes of at least 4 members (excludes halogenated alkanes) is 3. The molecule has 0 nitrogen and oxygen atoms in total. The number of alkyl halides is 1. The predicted molar refractivity (Wildman–Crippen MR) is 51.7 cm³/mol. The maximum Gasteiger partial charge on any atom is 0.00342 e. The lowest BCUT2D eigenvalue weighted by Crippen LogP contribution is -1.71. The molecule has 0 aliphatic carbocycles. The molecule has 0 aliphatic rings.